The number of aromatic nitrogens is 2. The number of ether oxygens (including phenoxy) is 1. The molecular formula is C15H18N2O. The molecule has 1 N–H and O–H groups in total. The van der Waals surface area contributed by atoms with E-state index in [-0.39, 0.29) is 0 Å². The number of methoxy groups -OCH3 is 1. The van der Waals surface area contributed by atoms with Gasteiger partial charge in [-0.15, -0.1) is 0 Å². The lowest BCUT2D eigenvalue weighted by atomic mass is 10.1. The topological polar surface area (TPSA) is 37.9 Å². The van der Waals surface area contributed by atoms with Crippen LogP contribution >= 0.6 is 0 Å². The summed E-state index contributed by atoms with van der Waals surface area (Å²) in [5.41, 5.74) is 2.41. The van der Waals surface area contributed by atoms with Gasteiger partial charge in [0.2, 0.25) is 0 Å². The van der Waals surface area contributed by atoms with E-state index in [9.17, 15) is 0 Å². The van der Waals surface area contributed by atoms with Gasteiger partial charge in [-0.1, -0.05) is 18.2 Å². The van der Waals surface area contributed by atoms with Gasteiger partial charge in [0.05, 0.1) is 25.3 Å². The molecule has 2 aromatic rings. The van der Waals surface area contributed by atoms with Gasteiger partial charge in [0.15, 0.2) is 0 Å². The van der Waals surface area contributed by atoms with Crippen molar-refractivity contribution in [3.8, 4) is 5.75 Å². The predicted molar refractivity (Wildman–Crippen MR) is 73.6 cm³/mol. The fourth-order valence-corrected chi connectivity index (χ4v) is 1.78. The van der Waals surface area contributed by atoms with E-state index in [1.807, 2.05) is 18.3 Å². The molecule has 3 nitrogen and oxygen atoms in total. The van der Waals surface area contributed by atoms with Crippen molar-refractivity contribution in [1.82, 2.24) is 9.97 Å². The minimum atomic E-state index is 0.915. The lowest BCUT2D eigenvalue weighted by Crippen LogP contribution is -1.86. The van der Waals surface area contributed by atoms with E-state index in [0.717, 1.165) is 30.7 Å². The van der Waals surface area contributed by atoms with Crippen LogP contribution in [0.4, 0.5) is 0 Å². The third-order valence-corrected chi connectivity index (χ3v) is 2.81. The number of nitrogens with zero attached hydrogens (tertiary/aromatic N) is 1. The molecule has 0 amide bonds. The van der Waals surface area contributed by atoms with E-state index in [2.05, 4.69) is 34.3 Å². The van der Waals surface area contributed by atoms with Gasteiger partial charge in [0.25, 0.3) is 0 Å². The highest BCUT2D eigenvalue weighted by Gasteiger charge is 1.94. The van der Waals surface area contributed by atoms with Crippen molar-refractivity contribution in [3.05, 3.63) is 54.1 Å². The number of hydrogen-bond acceptors (Lipinski definition) is 2. The minimum Gasteiger partial charge on any atom is -0.497 e. The summed E-state index contributed by atoms with van der Waals surface area (Å²) in [6.07, 6.45) is 11.1. The first kappa shape index (κ1) is 12.4. The molecule has 0 saturated carbocycles. The third-order valence-electron chi connectivity index (χ3n) is 2.81. The smallest absolute Gasteiger partial charge is 0.118 e. The van der Waals surface area contributed by atoms with Crippen LogP contribution in [0.5, 0.6) is 5.75 Å². The molecule has 0 bridgehead atoms. The summed E-state index contributed by atoms with van der Waals surface area (Å²) < 4.78 is 5.13. The Morgan fingerprint density at radius 1 is 1.28 bits per heavy atom. The zero-order valence-electron chi connectivity index (χ0n) is 10.6. The molecule has 1 aromatic carbocycles. The number of rotatable bonds is 6. The molecule has 0 fully saturated rings. The SMILES string of the molecule is COc1ccc(CCC/C=C/c2cnc[nH]2)cc1. The van der Waals surface area contributed by atoms with Crippen LogP contribution in [-0.2, 0) is 6.42 Å². The quantitative estimate of drug-likeness (QED) is 0.788. The van der Waals surface area contributed by atoms with Crippen molar-refractivity contribution < 1.29 is 4.74 Å². The summed E-state index contributed by atoms with van der Waals surface area (Å²) in [4.78, 5) is 7.01. The number of benzene rings is 1. The first-order valence-electron chi connectivity index (χ1n) is 6.16. The average Bonchev–Trinajstić information content (AvgIpc) is 2.92. The van der Waals surface area contributed by atoms with Gasteiger partial charge in [-0.3, -0.25) is 0 Å². The average molecular weight is 242 g/mol. The highest BCUT2D eigenvalue weighted by molar-refractivity contribution is 5.42. The number of imidazole rings is 1. The van der Waals surface area contributed by atoms with Crippen molar-refractivity contribution >= 4 is 6.08 Å². The lowest BCUT2D eigenvalue weighted by Gasteiger charge is -2.02. The maximum atomic E-state index is 5.13. The Hall–Kier alpha value is -2.03. The Morgan fingerprint density at radius 2 is 2.11 bits per heavy atom. The second-order valence-corrected chi connectivity index (χ2v) is 4.15. The first-order valence-corrected chi connectivity index (χ1v) is 6.16. The molecule has 18 heavy (non-hydrogen) atoms. The van der Waals surface area contributed by atoms with Crippen molar-refractivity contribution in [3.63, 3.8) is 0 Å². The van der Waals surface area contributed by atoms with E-state index < -0.39 is 0 Å². The van der Waals surface area contributed by atoms with E-state index in [1.165, 1.54) is 5.56 Å². The number of hydrogen-bond donors (Lipinski definition) is 1. The van der Waals surface area contributed by atoms with E-state index in [4.69, 9.17) is 4.74 Å². The largest absolute Gasteiger partial charge is 0.497 e. The fourth-order valence-electron chi connectivity index (χ4n) is 1.78. The van der Waals surface area contributed by atoms with Gasteiger partial charge in [-0.2, -0.15) is 0 Å². The van der Waals surface area contributed by atoms with Crippen LogP contribution in [0, 0.1) is 0 Å². The van der Waals surface area contributed by atoms with Gasteiger partial charge in [-0.25, -0.2) is 4.98 Å². The highest BCUT2D eigenvalue weighted by Crippen LogP contribution is 2.13. The molecule has 0 aliphatic carbocycles. The lowest BCUT2D eigenvalue weighted by molar-refractivity contribution is 0.414. The van der Waals surface area contributed by atoms with Crippen LogP contribution in [0.25, 0.3) is 6.08 Å². The molecule has 2 rings (SSSR count). The van der Waals surface area contributed by atoms with Crippen LogP contribution < -0.4 is 4.74 Å². The predicted octanol–water partition coefficient (Wildman–Crippen LogP) is 3.45. The molecule has 0 atom stereocenters. The number of nitrogens with one attached hydrogen (secondary N) is 1. The normalized spacial score (nSPS) is 10.9. The van der Waals surface area contributed by atoms with Gasteiger partial charge in [0, 0.05) is 0 Å². The summed E-state index contributed by atoms with van der Waals surface area (Å²) in [6, 6.07) is 8.26. The Bertz CT molecular complexity index is 472. The van der Waals surface area contributed by atoms with Crippen LogP contribution in [-0.4, -0.2) is 17.1 Å². The Kier molecular flexibility index (Phi) is 4.59. The Balaban J connectivity index is 1.71. The van der Waals surface area contributed by atoms with Gasteiger partial charge >= 0.3 is 0 Å². The summed E-state index contributed by atoms with van der Waals surface area (Å²) >= 11 is 0. The van der Waals surface area contributed by atoms with E-state index in [0.29, 0.717) is 0 Å². The maximum absolute atomic E-state index is 5.13. The second kappa shape index (κ2) is 6.64. The second-order valence-electron chi connectivity index (χ2n) is 4.15. The number of aromatic amines is 1. The zero-order chi connectivity index (χ0) is 12.6. The third kappa shape index (κ3) is 3.77. The number of unbranched alkanes of at least 4 members (excludes halogenated alkanes) is 1. The van der Waals surface area contributed by atoms with Crippen molar-refractivity contribution in [1.29, 1.82) is 0 Å². The molecular weight excluding hydrogens is 224 g/mol. The minimum absolute atomic E-state index is 0.915. The molecule has 0 aliphatic rings. The van der Waals surface area contributed by atoms with Crippen LogP contribution in [0.15, 0.2) is 42.9 Å². The molecule has 0 saturated heterocycles. The first-order chi connectivity index (χ1) is 8.88. The van der Waals surface area contributed by atoms with Crippen LogP contribution in [0.2, 0.25) is 0 Å². The molecule has 0 spiro atoms. The standard InChI is InChI=1S/C15H18N2O/c1-18-15-9-7-13(8-10-15)5-3-2-4-6-14-11-16-12-17-14/h4,6-12H,2-3,5H2,1H3,(H,16,17)/b6-4+. The molecule has 1 heterocycles. The van der Waals surface area contributed by atoms with Crippen LogP contribution in [0.1, 0.15) is 24.1 Å². The van der Waals surface area contributed by atoms with Gasteiger partial charge in [-0.05, 0) is 43.0 Å². The summed E-state index contributed by atoms with van der Waals surface area (Å²) in [7, 11) is 1.69. The zero-order valence-corrected chi connectivity index (χ0v) is 10.6. The monoisotopic (exact) mass is 242 g/mol. The molecule has 3 heteroatoms. The number of H-pyrrole nitrogens is 1. The van der Waals surface area contributed by atoms with Crippen molar-refractivity contribution in [2.24, 2.45) is 0 Å². The molecule has 0 aliphatic heterocycles. The summed E-state index contributed by atoms with van der Waals surface area (Å²) in [5.74, 6) is 0.915. The van der Waals surface area contributed by atoms with Gasteiger partial charge in [0.1, 0.15) is 5.75 Å². The maximum Gasteiger partial charge on any atom is 0.118 e. The number of allylic oxidation sites excluding steroid dienone is 1. The molecule has 0 unspecified atom stereocenters. The van der Waals surface area contributed by atoms with E-state index >= 15 is 0 Å². The molecule has 1 aromatic heterocycles. The van der Waals surface area contributed by atoms with Crippen molar-refractivity contribution in [2.75, 3.05) is 7.11 Å². The Labute approximate surface area is 108 Å². The van der Waals surface area contributed by atoms with Crippen molar-refractivity contribution in [2.45, 2.75) is 19.3 Å². The molecule has 94 valence electrons. The van der Waals surface area contributed by atoms with Crippen LogP contribution in [0.3, 0.4) is 0 Å². The summed E-state index contributed by atoms with van der Waals surface area (Å²) in [5, 5.41) is 0. The van der Waals surface area contributed by atoms with E-state index in [1.54, 1.807) is 13.4 Å². The Morgan fingerprint density at radius 3 is 2.78 bits per heavy atom. The number of aryl methyl sites for hydroxylation is 1. The highest BCUT2D eigenvalue weighted by atomic mass is 16.5. The molecule has 0 radical (unpaired) electrons. The van der Waals surface area contributed by atoms with Gasteiger partial charge < -0.3 is 9.72 Å². The summed E-state index contributed by atoms with van der Waals surface area (Å²) in [6.45, 7) is 0. The fraction of sp³-hybridized carbons (Fsp3) is 0.267.